The molecule has 1 aromatic heterocycles. The van der Waals surface area contributed by atoms with Gasteiger partial charge in [-0.1, -0.05) is 29.8 Å². The number of carbonyl (C=O) groups is 1. The van der Waals surface area contributed by atoms with Crippen LogP contribution in [0.3, 0.4) is 0 Å². The highest BCUT2D eigenvalue weighted by Gasteiger charge is 2.23. The van der Waals surface area contributed by atoms with Crippen molar-refractivity contribution in [3.63, 3.8) is 0 Å². The van der Waals surface area contributed by atoms with Crippen molar-refractivity contribution in [2.75, 3.05) is 56.2 Å². The van der Waals surface area contributed by atoms with Crippen molar-refractivity contribution < 1.29 is 9.53 Å². The van der Waals surface area contributed by atoms with E-state index in [1.807, 2.05) is 18.0 Å². The lowest BCUT2D eigenvalue weighted by Gasteiger charge is -2.29. The Hall–Kier alpha value is -2.67. The molecule has 0 radical (unpaired) electrons. The molecule has 1 saturated carbocycles. The number of amides is 1. The Kier molecular flexibility index (Phi) is 6.47. The lowest BCUT2D eigenvalue weighted by Crippen LogP contribution is -2.37. The second-order valence-electron chi connectivity index (χ2n) is 8.32. The second kappa shape index (κ2) is 9.43. The Bertz CT molecular complexity index is 860. The number of benzene rings is 1. The maximum atomic E-state index is 12.7. The van der Waals surface area contributed by atoms with Crippen molar-refractivity contribution in [3.8, 4) is 0 Å². The Labute approximate surface area is 178 Å². The quantitative estimate of drug-likeness (QED) is 0.722. The fourth-order valence-electron chi connectivity index (χ4n) is 3.46. The summed E-state index contributed by atoms with van der Waals surface area (Å²) in [6.07, 6.45) is 3.30. The van der Waals surface area contributed by atoms with E-state index in [0.717, 1.165) is 38.4 Å². The zero-order valence-electron chi connectivity index (χ0n) is 17.9. The molecule has 2 heterocycles. The minimum absolute atomic E-state index is 0.119. The van der Waals surface area contributed by atoms with Crippen molar-refractivity contribution in [2.24, 2.45) is 5.92 Å². The van der Waals surface area contributed by atoms with E-state index in [-0.39, 0.29) is 5.91 Å². The maximum absolute atomic E-state index is 12.7. The van der Waals surface area contributed by atoms with Crippen LogP contribution in [0.4, 0.5) is 11.8 Å². The Morgan fingerprint density at radius 2 is 1.93 bits per heavy atom. The van der Waals surface area contributed by atoms with Gasteiger partial charge in [0.1, 0.15) is 11.5 Å². The zero-order valence-corrected chi connectivity index (χ0v) is 17.9. The standard InChI is InChI=1S/C23H31N5O2/c1-17-3-5-18(6-4-17)9-10-27(2)23-25-20(22(29)24-16-19-7-8-19)15-21(26-23)28-11-13-30-14-12-28/h3-6,15,19H,7-14,16H2,1-2H3,(H,24,29). The van der Waals surface area contributed by atoms with Gasteiger partial charge >= 0.3 is 0 Å². The molecule has 0 bridgehead atoms. The normalized spacial score (nSPS) is 16.4. The summed E-state index contributed by atoms with van der Waals surface area (Å²) in [5.74, 6) is 1.89. The van der Waals surface area contributed by atoms with Crippen molar-refractivity contribution in [1.29, 1.82) is 0 Å². The molecule has 160 valence electrons. The lowest BCUT2D eigenvalue weighted by molar-refractivity contribution is 0.0946. The number of ether oxygens (including phenoxy) is 1. The molecule has 2 aromatic rings. The van der Waals surface area contributed by atoms with Gasteiger partial charge in [-0.25, -0.2) is 4.98 Å². The molecule has 0 unspecified atom stereocenters. The number of aryl methyl sites for hydroxylation is 1. The molecule has 1 N–H and O–H groups in total. The van der Waals surface area contributed by atoms with E-state index in [0.29, 0.717) is 30.8 Å². The van der Waals surface area contributed by atoms with Crippen molar-refractivity contribution in [3.05, 3.63) is 47.2 Å². The van der Waals surface area contributed by atoms with Gasteiger partial charge in [0.2, 0.25) is 5.95 Å². The third kappa shape index (κ3) is 5.48. The fourth-order valence-corrected chi connectivity index (χ4v) is 3.46. The van der Waals surface area contributed by atoms with Crippen molar-refractivity contribution in [1.82, 2.24) is 15.3 Å². The summed E-state index contributed by atoms with van der Waals surface area (Å²) in [4.78, 5) is 26.3. The molecular weight excluding hydrogens is 378 g/mol. The van der Waals surface area contributed by atoms with E-state index in [2.05, 4.69) is 46.4 Å². The van der Waals surface area contributed by atoms with E-state index in [1.165, 1.54) is 24.0 Å². The van der Waals surface area contributed by atoms with Crippen molar-refractivity contribution in [2.45, 2.75) is 26.2 Å². The molecule has 1 aliphatic carbocycles. The van der Waals surface area contributed by atoms with Gasteiger partial charge in [-0.3, -0.25) is 4.79 Å². The molecule has 30 heavy (non-hydrogen) atoms. The number of anilines is 2. The van der Waals surface area contributed by atoms with Crippen LogP contribution in [-0.2, 0) is 11.2 Å². The smallest absolute Gasteiger partial charge is 0.270 e. The second-order valence-corrected chi connectivity index (χ2v) is 8.32. The summed E-state index contributed by atoms with van der Waals surface area (Å²) >= 11 is 0. The van der Waals surface area contributed by atoms with Crippen LogP contribution in [0.15, 0.2) is 30.3 Å². The highest BCUT2D eigenvalue weighted by atomic mass is 16.5. The van der Waals surface area contributed by atoms with Crippen molar-refractivity contribution >= 4 is 17.7 Å². The summed E-state index contributed by atoms with van der Waals surface area (Å²) in [7, 11) is 1.98. The van der Waals surface area contributed by atoms with Crippen LogP contribution >= 0.6 is 0 Å². The van der Waals surface area contributed by atoms with Gasteiger partial charge < -0.3 is 19.9 Å². The van der Waals surface area contributed by atoms with Crippen LogP contribution in [0.1, 0.15) is 34.5 Å². The molecule has 0 atom stereocenters. The van der Waals surface area contributed by atoms with Crippen LogP contribution in [0, 0.1) is 12.8 Å². The molecule has 7 nitrogen and oxygen atoms in total. The third-order valence-corrected chi connectivity index (χ3v) is 5.71. The number of nitrogens with one attached hydrogen (secondary N) is 1. The first-order valence-electron chi connectivity index (χ1n) is 10.8. The van der Waals surface area contributed by atoms with E-state index in [9.17, 15) is 4.79 Å². The van der Waals surface area contributed by atoms with E-state index >= 15 is 0 Å². The van der Waals surface area contributed by atoms with Crippen LogP contribution in [0.5, 0.6) is 0 Å². The highest BCUT2D eigenvalue weighted by molar-refractivity contribution is 5.93. The van der Waals surface area contributed by atoms with E-state index in [4.69, 9.17) is 9.72 Å². The zero-order chi connectivity index (χ0) is 20.9. The molecular formula is C23H31N5O2. The van der Waals surface area contributed by atoms with Gasteiger partial charge in [0.05, 0.1) is 13.2 Å². The molecule has 1 aliphatic heterocycles. The first kappa shape index (κ1) is 20.6. The predicted molar refractivity (Wildman–Crippen MR) is 118 cm³/mol. The number of hydrogen-bond donors (Lipinski definition) is 1. The van der Waals surface area contributed by atoms with Gasteiger partial charge in [-0.05, 0) is 37.7 Å². The highest BCUT2D eigenvalue weighted by Crippen LogP contribution is 2.27. The molecule has 0 spiro atoms. The summed E-state index contributed by atoms with van der Waals surface area (Å²) in [6.45, 7) is 6.49. The number of morpholine rings is 1. The average molecular weight is 410 g/mol. The lowest BCUT2D eigenvalue weighted by atomic mass is 10.1. The summed E-state index contributed by atoms with van der Waals surface area (Å²) < 4.78 is 5.47. The van der Waals surface area contributed by atoms with E-state index in [1.54, 1.807) is 0 Å². The summed E-state index contributed by atoms with van der Waals surface area (Å²) in [5, 5.41) is 3.03. The summed E-state index contributed by atoms with van der Waals surface area (Å²) in [6, 6.07) is 10.4. The molecule has 1 amide bonds. The van der Waals surface area contributed by atoms with Crippen LogP contribution in [-0.4, -0.2) is 62.3 Å². The largest absolute Gasteiger partial charge is 0.378 e. The monoisotopic (exact) mass is 409 g/mol. The topological polar surface area (TPSA) is 70.6 Å². The first-order chi connectivity index (χ1) is 14.6. The van der Waals surface area contributed by atoms with E-state index < -0.39 is 0 Å². The van der Waals surface area contributed by atoms with Crippen LogP contribution < -0.4 is 15.1 Å². The Morgan fingerprint density at radius 1 is 1.20 bits per heavy atom. The Balaban J connectivity index is 1.50. The van der Waals surface area contributed by atoms with Gasteiger partial charge in [0.15, 0.2) is 0 Å². The van der Waals surface area contributed by atoms with Gasteiger partial charge in [0.25, 0.3) is 5.91 Å². The van der Waals surface area contributed by atoms with Gasteiger partial charge in [0, 0.05) is 39.3 Å². The minimum Gasteiger partial charge on any atom is -0.378 e. The number of likely N-dealkylation sites (N-methyl/N-ethyl adjacent to an activating group) is 1. The maximum Gasteiger partial charge on any atom is 0.270 e. The third-order valence-electron chi connectivity index (χ3n) is 5.71. The first-order valence-corrected chi connectivity index (χ1v) is 10.8. The van der Waals surface area contributed by atoms with Gasteiger partial charge in [-0.15, -0.1) is 0 Å². The number of rotatable bonds is 8. The predicted octanol–water partition coefficient (Wildman–Crippen LogP) is 2.44. The molecule has 1 aromatic carbocycles. The average Bonchev–Trinajstić information content (AvgIpc) is 3.62. The minimum atomic E-state index is -0.119. The molecule has 1 saturated heterocycles. The Morgan fingerprint density at radius 3 is 2.63 bits per heavy atom. The number of carbonyl (C=O) groups excluding carboxylic acids is 1. The molecule has 2 aliphatic rings. The van der Waals surface area contributed by atoms with Gasteiger partial charge in [-0.2, -0.15) is 4.98 Å². The number of nitrogens with zero attached hydrogens (tertiary/aromatic N) is 4. The fraction of sp³-hybridized carbons (Fsp3) is 0.522. The summed E-state index contributed by atoms with van der Waals surface area (Å²) in [5.41, 5.74) is 2.97. The number of aromatic nitrogens is 2. The SMILES string of the molecule is Cc1ccc(CCN(C)c2nc(C(=O)NCC3CC3)cc(N3CCOCC3)n2)cc1. The van der Waals surface area contributed by atoms with Crippen LogP contribution in [0.25, 0.3) is 0 Å². The van der Waals surface area contributed by atoms with Crippen LogP contribution in [0.2, 0.25) is 0 Å². The molecule has 7 heteroatoms. The molecule has 2 fully saturated rings. The number of hydrogen-bond acceptors (Lipinski definition) is 6. The molecule has 4 rings (SSSR count).